The Balaban J connectivity index is 1.48. The van der Waals surface area contributed by atoms with Crippen LogP contribution in [0.15, 0.2) is 47.5 Å². The summed E-state index contributed by atoms with van der Waals surface area (Å²) in [4.78, 5) is 15.0. The molecule has 2 fully saturated rings. The van der Waals surface area contributed by atoms with Gasteiger partial charge in [0.15, 0.2) is 5.69 Å². The topological polar surface area (TPSA) is 64.4 Å². The van der Waals surface area contributed by atoms with E-state index in [-0.39, 0.29) is 5.60 Å². The first kappa shape index (κ1) is 20.6. The van der Waals surface area contributed by atoms with Gasteiger partial charge in [0.05, 0.1) is 12.1 Å². The number of nitrogens with zero attached hydrogens (tertiary/aromatic N) is 3. The average molecular weight is 443 g/mol. The lowest BCUT2D eigenvalue weighted by Crippen LogP contribution is -2.57. The molecule has 2 N–H and O–H groups in total. The number of benzene rings is 2. The van der Waals surface area contributed by atoms with Crippen molar-refractivity contribution in [2.45, 2.75) is 62.7 Å². The molecule has 2 heterocycles. The lowest BCUT2D eigenvalue weighted by molar-refractivity contribution is -0.220. The van der Waals surface area contributed by atoms with E-state index < -0.39 is 5.72 Å². The van der Waals surface area contributed by atoms with Gasteiger partial charge in [0.1, 0.15) is 11.4 Å². The third-order valence-electron chi connectivity index (χ3n) is 8.23. The molecule has 6 nitrogen and oxygen atoms in total. The quantitative estimate of drug-likeness (QED) is 0.570. The van der Waals surface area contributed by atoms with Crippen molar-refractivity contribution in [1.82, 2.24) is 5.06 Å². The van der Waals surface area contributed by atoms with Crippen molar-refractivity contribution in [1.29, 1.82) is 0 Å². The van der Waals surface area contributed by atoms with Crippen molar-refractivity contribution in [2.24, 2.45) is 22.6 Å². The molecule has 4 aliphatic rings. The summed E-state index contributed by atoms with van der Waals surface area (Å²) in [7, 11) is 1.82. The summed E-state index contributed by atoms with van der Waals surface area (Å²) < 4.78 is 6.97. The largest absolute Gasteiger partial charge is 0.486 e. The number of hydrogen-bond donors (Lipinski definition) is 1. The van der Waals surface area contributed by atoms with E-state index >= 15 is 0 Å². The summed E-state index contributed by atoms with van der Waals surface area (Å²) in [6.07, 6.45) is 9.33. The first-order chi connectivity index (χ1) is 16.0. The van der Waals surface area contributed by atoms with Gasteiger partial charge in [-0.2, -0.15) is 0 Å². The maximum atomic E-state index is 7.36. The Hall–Kier alpha value is -3.04. The smallest absolute Gasteiger partial charge is 0.222 e. The molecule has 6 rings (SSSR count). The molecule has 0 amide bonds. The third kappa shape index (κ3) is 3.21. The van der Waals surface area contributed by atoms with Gasteiger partial charge in [0.2, 0.25) is 11.7 Å². The molecule has 2 aromatic rings. The Bertz CT molecular complexity index is 1170. The SMILES string of the molecule is [C-]#[N+]c1cccc(-c2ccc3c(c2)C2(CC4(CCCC5CCCCC54)O3)N=C(N)N(C)O2)c1. The van der Waals surface area contributed by atoms with Gasteiger partial charge in [0.25, 0.3) is 0 Å². The minimum absolute atomic E-state index is 0.267. The minimum atomic E-state index is -0.876. The van der Waals surface area contributed by atoms with Gasteiger partial charge in [-0.05, 0) is 60.9 Å². The van der Waals surface area contributed by atoms with Crippen LogP contribution in [0, 0.1) is 18.4 Å². The summed E-state index contributed by atoms with van der Waals surface area (Å²) in [5.74, 6) is 2.51. The molecule has 2 saturated carbocycles. The first-order valence-corrected chi connectivity index (χ1v) is 12.1. The number of aliphatic imine (C=N–C) groups is 1. The molecule has 4 unspecified atom stereocenters. The van der Waals surface area contributed by atoms with Crippen LogP contribution in [0.3, 0.4) is 0 Å². The van der Waals surface area contributed by atoms with Gasteiger partial charge in [-0.25, -0.2) is 19.7 Å². The van der Waals surface area contributed by atoms with Crippen LogP contribution in [-0.2, 0) is 10.6 Å². The maximum absolute atomic E-state index is 7.36. The lowest BCUT2D eigenvalue weighted by atomic mass is 9.60. The van der Waals surface area contributed by atoms with Crippen LogP contribution in [0.25, 0.3) is 16.0 Å². The van der Waals surface area contributed by atoms with Crippen molar-refractivity contribution in [3.8, 4) is 16.9 Å². The van der Waals surface area contributed by atoms with Crippen molar-refractivity contribution < 1.29 is 9.57 Å². The Kier molecular flexibility index (Phi) is 4.67. The monoisotopic (exact) mass is 442 g/mol. The molecule has 2 aliphatic heterocycles. The van der Waals surface area contributed by atoms with E-state index in [0.717, 1.165) is 34.8 Å². The molecule has 0 saturated heterocycles. The number of ether oxygens (including phenoxy) is 1. The summed E-state index contributed by atoms with van der Waals surface area (Å²) >= 11 is 0. The molecule has 33 heavy (non-hydrogen) atoms. The highest BCUT2D eigenvalue weighted by atomic mass is 16.7. The molecule has 0 aromatic heterocycles. The molecule has 0 radical (unpaired) electrons. The zero-order chi connectivity index (χ0) is 22.6. The zero-order valence-corrected chi connectivity index (χ0v) is 19.1. The van der Waals surface area contributed by atoms with Crippen LogP contribution in [-0.4, -0.2) is 23.7 Å². The van der Waals surface area contributed by atoms with E-state index in [9.17, 15) is 0 Å². The normalized spacial score (nSPS) is 32.6. The van der Waals surface area contributed by atoms with E-state index in [1.807, 2.05) is 31.3 Å². The predicted molar refractivity (Wildman–Crippen MR) is 128 cm³/mol. The summed E-state index contributed by atoms with van der Waals surface area (Å²) in [5.41, 5.74) is 8.67. The zero-order valence-electron chi connectivity index (χ0n) is 19.1. The molecular formula is C27H30N4O2. The number of rotatable bonds is 1. The van der Waals surface area contributed by atoms with Crippen LogP contribution in [0.1, 0.15) is 56.9 Å². The second kappa shape index (κ2) is 7.50. The molecule has 2 spiro atoms. The standard InChI is InChI=1S/C27H30N4O2/c1-29-21-10-5-8-19(15-21)20-12-13-24-23(16-20)27(30-25(28)31(2)33-27)17-26(32-24)14-6-9-18-7-3-4-11-22(18)26/h5,8,10,12-13,15-16,18,22H,3-4,6-7,9,11,14,17H2,2H3,(H2,28,30). The van der Waals surface area contributed by atoms with Crippen molar-refractivity contribution >= 4 is 11.6 Å². The Labute approximate surface area is 195 Å². The third-order valence-corrected chi connectivity index (χ3v) is 8.23. The van der Waals surface area contributed by atoms with Crippen LogP contribution in [0.2, 0.25) is 0 Å². The fourth-order valence-electron chi connectivity index (χ4n) is 6.79. The number of hydrogen-bond acceptors (Lipinski definition) is 5. The molecular weight excluding hydrogens is 412 g/mol. The molecule has 2 aromatic carbocycles. The second-order valence-electron chi connectivity index (χ2n) is 10.1. The summed E-state index contributed by atoms with van der Waals surface area (Å²) in [6, 6.07) is 14.0. The van der Waals surface area contributed by atoms with Gasteiger partial charge >= 0.3 is 0 Å². The van der Waals surface area contributed by atoms with E-state index in [0.29, 0.717) is 24.0 Å². The van der Waals surface area contributed by atoms with Gasteiger partial charge in [-0.1, -0.05) is 43.5 Å². The maximum Gasteiger partial charge on any atom is 0.222 e. The number of fused-ring (bicyclic) bond motifs is 4. The Morgan fingerprint density at radius 1 is 1.09 bits per heavy atom. The number of guanidine groups is 1. The highest BCUT2D eigenvalue weighted by Crippen LogP contribution is 2.58. The van der Waals surface area contributed by atoms with Crippen LogP contribution in [0.5, 0.6) is 5.75 Å². The Morgan fingerprint density at radius 2 is 1.91 bits per heavy atom. The highest BCUT2D eigenvalue weighted by molar-refractivity contribution is 5.79. The van der Waals surface area contributed by atoms with Crippen LogP contribution < -0.4 is 10.5 Å². The van der Waals surface area contributed by atoms with Crippen molar-refractivity contribution in [3.63, 3.8) is 0 Å². The molecule has 4 atom stereocenters. The molecule has 0 bridgehead atoms. The molecule has 170 valence electrons. The van der Waals surface area contributed by atoms with Crippen LogP contribution in [0.4, 0.5) is 5.69 Å². The first-order valence-electron chi connectivity index (χ1n) is 12.1. The van der Waals surface area contributed by atoms with Crippen LogP contribution >= 0.6 is 0 Å². The molecule has 2 aliphatic carbocycles. The Morgan fingerprint density at radius 3 is 2.73 bits per heavy atom. The highest BCUT2D eigenvalue weighted by Gasteiger charge is 2.59. The number of nitrogens with two attached hydrogens (primary N) is 1. The van der Waals surface area contributed by atoms with Gasteiger partial charge in [-0.15, -0.1) is 0 Å². The lowest BCUT2D eigenvalue weighted by Gasteiger charge is -2.54. The summed E-state index contributed by atoms with van der Waals surface area (Å²) in [6.45, 7) is 7.36. The predicted octanol–water partition coefficient (Wildman–Crippen LogP) is 5.76. The number of hydroxylamine groups is 2. The van der Waals surface area contributed by atoms with E-state index in [4.69, 9.17) is 26.9 Å². The minimum Gasteiger partial charge on any atom is -0.486 e. The molecule has 6 heteroatoms. The van der Waals surface area contributed by atoms with Crippen molar-refractivity contribution in [2.75, 3.05) is 7.05 Å². The van der Waals surface area contributed by atoms with E-state index in [2.05, 4.69) is 23.0 Å². The fourth-order valence-corrected chi connectivity index (χ4v) is 6.79. The van der Waals surface area contributed by atoms with E-state index in [1.54, 1.807) is 5.06 Å². The van der Waals surface area contributed by atoms with Gasteiger partial charge < -0.3 is 10.5 Å². The van der Waals surface area contributed by atoms with Gasteiger partial charge in [-0.3, -0.25) is 0 Å². The summed E-state index contributed by atoms with van der Waals surface area (Å²) in [5, 5.41) is 1.59. The second-order valence-corrected chi connectivity index (χ2v) is 10.1. The average Bonchev–Trinajstić information content (AvgIpc) is 3.12. The fraction of sp³-hybridized carbons (Fsp3) is 0.481. The van der Waals surface area contributed by atoms with Gasteiger partial charge in [0, 0.05) is 19.4 Å². The van der Waals surface area contributed by atoms with Crippen molar-refractivity contribution in [3.05, 3.63) is 59.4 Å². The van der Waals surface area contributed by atoms with E-state index in [1.165, 1.54) is 38.5 Å².